The van der Waals surface area contributed by atoms with Crippen LogP contribution in [0.5, 0.6) is 11.5 Å². The fraction of sp³-hybridized carbons (Fsp3) is 0.500. The summed E-state index contributed by atoms with van der Waals surface area (Å²) in [5.74, 6) is 1.53. The van der Waals surface area contributed by atoms with E-state index in [0.717, 1.165) is 23.4 Å². The molecule has 1 aromatic heterocycles. The Bertz CT molecular complexity index is 936. The molecule has 7 heteroatoms. The number of carbonyl (C=O) groups is 1. The fourth-order valence-electron chi connectivity index (χ4n) is 3.51. The zero-order valence-corrected chi connectivity index (χ0v) is 17.5. The highest BCUT2D eigenvalue weighted by atomic mass is 16.5. The summed E-state index contributed by atoms with van der Waals surface area (Å²) in [7, 11) is 0. The lowest BCUT2D eigenvalue weighted by Gasteiger charge is -2.24. The summed E-state index contributed by atoms with van der Waals surface area (Å²) in [5, 5.41) is 3.10. The minimum atomic E-state index is -0.321. The molecule has 1 unspecified atom stereocenters. The van der Waals surface area contributed by atoms with E-state index in [0.29, 0.717) is 31.2 Å². The molecule has 2 heterocycles. The van der Waals surface area contributed by atoms with Crippen LogP contribution in [0, 0.1) is 19.8 Å². The van der Waals surface area contributed by atoms with Gasteiger partial charge in [-0.3, -0.25) is 9.36 Å². The van der Waals surface area contributed by atoms with Crippen molar-refractivity contribution < 1.29 is 14.3 Å². The number of nitrogens with zero attached hydrogens (tertiary/aromatic N) is 2. The Labute approximate surface area is 171 Å². The Morgan fingerprint density at radius 1 is 1.17 bits per heavy atom. The normalized spacial score (nSPS) is 14.4. The molecule has 0 saturated heterocycles. The van der Waals surface area contributed by atoms with E-state index in [9.17, 15) is 9.59 Å². The van der Waals surface area contributed by atoms with Gasteiger partial charge in [0.05, 0.1) is 19.3 Å². The molecule has 156 valence electrons. The molecule has 0 spiro atoms. The quantitative estimate of drug-likeness (QED) is 0.808. The highest BCUT2D eigenvalue weighted by molar-refractivity contribution is 5.76. The van der Waals surface area contributed by atoms with Crippen LogP contribution in [0.2, 0.25) is 0 Å². The fourth-order valence-corrected chi connectivity index (χ4v) is 3.51. The predicted molar refractivity (Wildman–Crippen MR) is 110 cm³/mol. The second-order valence-electron chi connectivity index (χ2n) is 7.77. The van der Waals surface area contributed by atoms with Crippen molar-refractivity contribution in [3.63, 3.8) is 0 Å². The van der Waals surface area contributed by atoms with E-state index in [1.54, 1.807) is 6.92 Å². The van der Waals surface area contributed by atoms with Crippen molar-refractivity contribution in [2.45, 2.75) is 53.1 Å². The maximum Gasteiger partial charge on any atom is 0.347 e. The number of nitrogens with one attached hydrogen (secondary N) is 1. The van der Waals surface area contributed by atoms with Crippen molar-refractivity contribution >= 4 is 5.91 Å². The molecule has 0 radical (unpaired) electrons. The summed E-state index contributed by atoms with van der Waals surface area (Å²) in [6.45, 7) is 9.32. The lowest BCUT2D eigenvalue weighted by molar-refractivity contribution is -0.122. The molecule has 3 rings (SSSR count). The average molecular weight is 399 g/mol. The van der Waals surface area contributed by atoms with Crippen molar-refractivity contribution in [2.75, 3.05) is 13.2 Å². The standard InChI is InChI=1S/C22H29N3O4/c1-14(2)21(17-6-7-18-19(13-17)29-11-5-10-28-18)24-20(26)8-9-25-16(4)12-15(3)23-22(25)27/h6-7,12-14,21H,5,8-11H2,1-4H3,(H,24,26). The number of benzene rings is 1. The van der Waals surface area contributed by atoms with Gasteiger partial charge in [-0.1, -0.05) is 19.9 Å². The number of rotatable bonds is 6. The van der Waals surface area contributed by atoms with E-state index in [2.05, 4.69) is 24.1 Å². The van der Waals surface area contributed by atoms with E-state index < -0.39 is 0 Å². The SMILES string of the molecule is Cc1cc(C)n(CCC(=O)NC(c2ccc3c(c2)OCCCO3)C(C)C)c(=O)n1. The summed E-state index contributed by atoms with van der Waals surface area (Å²) in [5.41, 5.74) is 2.14. The molecule has 0 saturated carbocycles. The van der Waals surface area contributed by atoms with E-state index in [-0.39, 0.29) is 30.0 Å². The number of amides is 1. The highest BCUT2D eigenvalue weighted by Crippen LogP contribution is 2.34. The molecule has 0 fully saturated rings. The van der Waals surface area contributed by atoms with Gasteiger partial charge >= 0.3 is 5.69 Å². The largest absolute Gasteiger partial charge is 0.490 e. The lowest BCUT2D eigenvalue weighted by atomic mass is 9.95. The maximum absolute atomic E-state index is 12.6. The number of ether oxygens (including phenoxy) is 2. The zero-order chi connectivity index (χ0) is 21.0. The second-order valence-corrected chi connectivity index (χ2v) is 7.77. The number of aryl methyl sites for hydroxylation is 2. The van der Waals surface area contributed by atoms with Gasteiger partial charge in [0.2, 0.25) is 5.91 Å². The first-order valence-corrected chi connectivity index (χ1v) is 10.1. The smallest absolute Gasteiger partial charge is 0.347 e. The molecule has 1 atom stereocenters. The van der Waals surface area contributed by atoms with Crippen LogP contribution in [-0.2, 0) is 11.3 Å². The van der Waals surface area contributed by atoms with E-state index in [1.165, 1.54) is 4.57 Å². The predicted octanol–water partition coefficient (Wildman–Crippen LogP) is 2.93. The molecule has 1 amide bonds. The first-order valence-electron chi connectivity index (χ1n) is 10.1. The van der Waals surface area contributed by atoms with Gasteiger partial charge in [-0.25, -0.2) is 4.79 Å². The highest BCUT2D eigenvalue weighted by Gasteiger charge is 2.21. The molecule has 1 aromatic carbocycles. The van der Waals surface area contributed by atoms with Gasteiger partial charge in [-0.2, -0.15) is 4.98 Å². The van der Waals surface area contributed by atoms with Gasteiger partial charge in [0.25, 0.3) is 0 Å². The number of carbonyl (C=O) groups excluding carboxylic acids is 1. The van der Waals surface area contributed by atoms with E-state index in [1.807, 2.05) is 31.2 Å². The van der Waals surface area contributed by atoms with Gasteiger partial charge in [0, 0.05) is 30.8 Å². The molecule has 2 aromatic rings. The Morgan fingerprint density at radius 2 is 1.90 bits per heavy atom. The van der Waals surface area contributed by atoms with Crippen molar-refractivity contribution in [1.29, 1.82) is 0 Å². The monoisotopic (exact) mass is 399 g/mol. The summed E-state index contributed by atoms with van der Waals surface area (Å²) in [6.07, 6.45) is 1.06. The van der Waals surface area contributed by atoms with E-state index in [4.69, 9.17) is 9.47 Å². The first kappa shape index (κ1) is 20.9. The topological polar surface area (TPSA) is 82.5 Å². The molecule has 1 N–H and O–H groups in total. The van der Waals surface area contributed by atoms with Gasteiger partial charge in [-0.15, -0.1) is 0 Å². The van der Waals surface area contributed by atoms with Gasteiger partial charge in [-0.05, 0) is 43.5 Å². The molecular weight excluding hydrogens is 370 g/mol. The molecule has 1 aliphatic rings. The van der Waals surface area contributed by atoms with Crippen molar-refractivity contribution in [1.82, 2.24) is 14.9 Å². The minimum Gasteiger partial charge on any atom is -0.490 e. The Balaban J connectivity index is 1.70. The molecule has 1 aliphatic heterocycles. The zero-order valence-electron chi connectivity index (χ0n) is 17.5. The number of hydrogen-bond acceptors (Lipinski definition) is 5. The van der Waals surface area contributed by atoms with Gasteiger partial charge < -0.3 is 14.8 Å². The Kier molecular flexibility index (Phi) is 6.56. The van der Waals surface area contributed by atoms with Crippen LogP contribution in [0.1, 0.15) is 49.7 Å². The number of hydrogen-bond donors (Lipinski definition) is 1. The van der Waals surface area contributed by atoms with Gasteiger partial charge in [0.1, 0.15) is 0 Å². The van der Waals surface area contributed by atoms with Crippen LogP contribution < -0.4 is 20.5 Å². The molecule has 0 bridgehead atoms. The summed E-state index contributed by atoms with van der Waals surface area (Å²) in [6, 6.07) is 7.50. The van der Waals surface area contributed by atoms with E-state index >= 15 is 0 Å². The molecule has 7 nitrogen and oxygen atoms in total. The molecular formula is C22H29N3O4. The second kappa shape index (κ2) is 9.11. The lowest BCUT2D eigenvalue weighted by Crippen LogP contribution is -2.34. The Hall–Kier alpha value is -2.83. The van der Waals surface area contributed by atoms with Crippen molar-refractivity contribution in [2.24, 2.45) is 5.92 Å². The molecule has 0 aliphatic carbocycles. The third-order valence-corrected chi connectivity index (χ3v) is 5.02. The summed E-state index contributed by atoms with van der Waals surface area (Å²) < 4.78 is 13.0. The van der Waals surface area contributed by atoms with Crippen LogP contribution in [-0.4, -0.2) is 28.7 Å². The van der Waals surface area contributed by atoms with Crippen LogP contribution in [0.15, 0.2) is 29.1 Å². The van der Waals surface area contributed by atoms with Crippen molar-refractivity contribution in [3.05, 3.63) is 51.7 Å². The Morgan fingerprint density at radius 3 is 2.59 bits per heavy atom. The summed E-state index contributed by atoms with van der Waals surface area (Å²) in [4.78, 5) is 28.7. The van der Waals surface area contributed by atoms with Gasteiger partial charge in [0.15, 0.2) is 11.5 Å². The van der Waals surface area contributed by atoms with Crippen LogP contribution in [0.25, 0.3) is 0 Å². The summed E-state index contributed by atoms with van der Waals surface area (Å²) >= 11 is 0. The van der Waals surface area contributed by atoms with Crippen molar-refractivity contribution in [3.8, 4) is 11.5 Å². The number of fused-ring (bicyclic) bond motifs is 1. The third-order valence-electron chi connectivity index (χ3n) is 5.02. The van der Waals surface area contributed by atoms with Crippen LogP contribution in [0.3, 0.4) is 0 Å². The number of aromatic nitrogens is 2. The average Bonchev–Trinajstić information content (AvgIpc) is 2.89. The molecule has 29 heavy (non-hydrogen) atoms. The third kappa shape index (κ3) is 5.16. The first-order chi connectivity index (χ1) is 13.8. The van der Waals surface area contributed by atoms with Crippen LogP contribution in [0.4, 0.5) is 0 Å². The minimum absolute atomic E-state index is 0.109. The maximum atomic E-state index is 12.6. The van der Waals surface area contributed by atoms with Crippen LogP contribution >= 0.6 is 0 Å².